The zero-order chi connectivity index (χ0) is 12.6. The van der Waals surface area contributed by atoms with Gasteiger partial charge in [-0.2, -0.15) is 0 Å². The van der Waals surface area contributed by atoms with Gasteiger partial charge in [-0.05, 0) is 0 Å². The first-order valence-corrected chi connectivity index (χ1v) is 4.55. The largest absolute Gasteiger partial charge is 2.00 e. The van der Waals surface area contributed by atoms with Crippen LogP contribution in [0, 0.1) is 15.3 Å². The Labute approximate surface area is 170 Å². The van der Waals surface area contributed by atoms with Crippen molar-refractivity contribution in [2.45, 2.75) is 0 Å². The van der Waals surface area contributed by atoms with Crippen molar-refractivity contribution in [1.29, 1.82) is 0 Å². The Bertz CT molecular complexity index is 288. The molecule has 0 rings (SSSR count). The maximum atomic E-state index is 8.52. The molecule has 0 saturated heterocycles. The van der Waals surface area contributed by atoms with Crippen LogP contribution in [0.25, 0.3) is 0 Å². The molecule has 0 N–H and O–H groups in total. The van der Waals surface area contributed by atoms with E-state index in [1.807, 2.05) is 0 Å². The van der Waals surface area contributed by atoms with Crippen LogP contribution in [0.4, 0.5) is 0 Å². The van der Waals surface area contributed by atoms with Gasteiger partial charge in [0, 0.05) is 20.8 Å². The topological polar surface area (TPSA) is 227 Å². The Morgan fingerprint density at radius 3 is 0.688 bits per heavy atom. The minimum absolute atomic E-state index is 0. The van der Waals surface area contributed by atoms with Crippen LogP contribution in [0.3, 0.4) is 0 Å². The molecule has 0 unspecified atom stereocenters. The first kappa shape index (κ1) is 30.8. The normalized spacial score (nSPS) is 8.75. The van der Waals surface area contributed by atoms with Gasteiger partial charge < -0.3 is 33.5 Å². The van der Waals surface area contributed by atoms with E-state index < -0.39 is 25.9 Å². The predicted octanol–water partition coefficient (Wildman–Crippen LogP) is -3.68. The fraction of sp³-hybridized carbons (Fsp3) is 0. The summed E-state index contributed by atoms with van der Waals surface area (Å²) in [6.07, 6.45) is 0. The minimum Gasteiger partial charge on any atom is -0.759 e. The average molecular weight is 529 g/mol. The molecule has 0 aliphatic rings. The zero-order valence-corrected chi connectivity index (χ0v) is 17.7. The summed E-state index contributed by atoms with van der Waals surface area (Å²) >= 11 is 0. The van der Waals surface area contributed by atoms with E-state index >= 15 is 0 Å². The summed E-state index contributed by atoms with van der Waals surface area (Å²) in [7, 11) is -10.3. The van der Waals surface area contributed by atoms with Crippen molar-refractivity contribution in [2.24, 2.45) is 0 Å². The molecule has 88 valence electrons. The van der Waals surface area contributed by atoms with Crippen molar-refractivity contribution >= 4 is 119 Å². The second kappa shape index (κ2) is 15.1. The van der Waals surface area contributed by atoms with E-state index in [2.05, 4.69) is 0 Å². The summed E-state index contributed by atoms with van der Waals surface area (Å²) in [5.41, 5.74) is 0. The van der Waals surface area contributed by atoms with Crippen molar-refractivity contribution < 1.29 is 40.1 Å². The van der Waals surface area contributed by atoms with Gasteiger partial charge in [-0.15, -0.1) is 0 Å². The third kappa shape index (κ3) is 843. The SMILES string of the molecule is O=S(=O)([O-])[O-].O=S(=O)([O-])[O-].O=[N+]([O-])[O-].[Ba+2].[Ba+2]. The van der Waals surface area contributed by atoms with E-state index in [-0.39, 0.29) is 97.8 Å². The van der Waals surface area contributed by atoms with E-state index in [0.717, 1.165) is 0 Å². The van der Waals surface area contributed by atoms with Crippen molar-refractivity contribution in [3.8, 4) is 0 Å². The van der Waals surface area contributed by atoms with Crippen LogP contribution in [0.1, 0.15) is 0 Å². The molecule has 0 aliphatic heterocycles. The first-order valence-electron chi connectivity index (χ1n) is 1.88. The average Bonchev–Trinajstić information content (AvgIpc) is 1.45. The van der Waals surface area contributed by atoms with Crippen LogP contribution in [0.15, 0.2) is 0 Å². The molecule has 0 heterocycles. The molecule has 0 radical (unpaired) electrons. The van der Waals surface area contributed by atoms with Crippen molar-refractivity contribution in [2.75, 3.05) is 0 Å². The molecule has 0 spiro atoms. The van der Waals surface area contributed by atoms with E-state index in [1.165, 1.54) is 0 Å². The van der Waals surface area contributed by atoms with Gasteiger partial charge in [0.25, 0.3) is 0 Å². The number of hydrogen-bond donors (Lipinski definition) is 0. The van der Waals surface area contributed by atoms with Crippen molar-refractivity contribution in [1.82, 2.24) is 0 Å². The quantitative estimate of drug-likeness (QED) is 0.0977. The molecule has 16 heteroatoms. The minimum atomic E-state index is -5.17. The summed E-state index contributed by atoms with van der Waals surface area (Å²) in [6.45, 7) is 0. The second-order valence-corrected chi connectivity index (χ2v) is 2.67. The standard InChI is InChI=1S/2Ba.NO3.2H2O4S/c;;2-1(3)4;2*1-5(2,3)4/h;;;2*(H2,1,2,3,4)/q2*+2;-1;;/p-4. The van der Waals surface area contributed by atoms with Gasteiger partial charge in [-0.1, -0.05) is 0 Å². The van der Waals surface area contributed by atoms with Gasteiger partial charge in [0.05, 0.1) is 5.09 Å². The summed E-state index contributed by atoms with van der Waals surface area (Å²) in [5.74, 6) is 0. The van der Waals surface area contributed by atoms with Crippen LogP contribution >= 0.6 is 0 Å². The fourth-order valence-corrected chi connectivity index (χ4v) is 0. The Kier molecular flexibility index (Phi) is 29.2. The molecule has 0 saturated carbocycles. The van der Waals surface area contributed by atoms with Gasteiger partial charge >= 0.3 is 97.8 Å². The molecule has 12 nitrogen and oxygen atoms in total. The summed E-state index contributed by atoms with van der Waals surface area (Å²) in [6, 6.07) is 0. The predicted molar refractivity (Wildman–Crippen MR) is 42.8 cm³/mol. The van der Waals surface area contributed by atoms with Crippen LogP contribution in [0.5, 0.6) is 0 Å². The summed E-state index contributed by atoms with van der Waals surface area (Å²) in [4.78, 5) is 8.25. The van der Waals surface area contributed by atoms with Crippen LogP contribution in [-0.2, 0) is 20.8 Å². The Hall–Kier alpha value is 2.08. The van der Waals surface area contributed by atoms with Gasteiger partial charge in [-0.3, -0.25) is 16.8 Å². The van der Waals surface area contributed by atoms with E-state index in [0.29, 0.717) is 0 Å². The Morgan fingerprint density at radius 2 is 0.688 bits per heavy atom. The molecule has 0 amide bonds. The number of rotatable bonds is 0. The molecule has 0 bridgehead atoms. The van der Waals surface area contributed by atoms with Crippen LogP contribution in [-0.4, -0.2) is 138 Å². The molecular weight excluding hydrogens is 529 g/mol. The van der Waals surface area contributed by atoms with E-state index in [9.17, 15) is 0 Å². The Morgan fingerprint density at radius 1 is 0.688 bits per heavy atom. The van der Waals surface area contributed by atoms with Gasteiger partial charge in [-0.25, -0.2) is 0 Å². The molecule has 16 heavy (non-hydrogen) atoms. The van der Waals surface area contributed by atoms with Gasteiger partial charge in [0.15, 0.2) is 0 Å². The number of nitrogens with zero attached hydrogens (tertiary/aromatic N) is 1. The van der Waals surface area contributed by atoms with Gasteiger partial charge in [0.2, 0.25) is 0 Å². The molecule has 0 aliphatic carbocycles. The molecule has 0 atom stereocenters. The maximum absolute atomic E-state index is 8.52. The van der Waals surface area contributed by atoms with Gasteiger partial charge in [0.1, 0.15) is 0 Å². The molecule has 0 aromatic heterocycles. The first-order chi connectivity index (χ1) is 5.73. The second-order valence-electron chi connectivity index (χ2n) is 1.04. The summed E-state index contributed by atoms with van der Waals surface area (Å²) < 4.78 is 68.2. The smallest absolute Gasteiger partial charge is 0.759 e. The molecule has 0 fully saturated rings. The van der Waals surface area contributed by atoms with E-state index in [1.54, 1.807) is 0 Å². The summed E-state index contributed by atoms with van der Waals surface area (Å²) in [5, 5.41) is 14.8. The third-order valence-electron chi connectivity index (χ3n) is 0. The van der Waals surface area contributed by atoms with Crippen molar-refractivity contribution in [3.63, 3.8) is 0 Å². The zero-order valence-electron chi connectivity index (χ0n) is 7.17. The maximum Gasteiger partial charge on any atom is 2.00 e. The van der Waals surface area contributed by atoms with Crippen molar-refractivity contribution in [3.05, 3.63) is 15.3 Å². The molecule has 0 aromatic rings. The Balaban J connectivity index is -0.0000000358. The fourth-order valence-electron chi connectivity index (χ4n) is 0. The number of hydrogen-bond acceptors (Lipinski definition) is 11. The third-order valence-corrected chi connectivity index (χ3v) is 0. The molecular formula is Ba2NO11S2-. The molecule has 0 aromatic carbocycles. The van der Waals surface area contributed by atoms with Crippen LogP contribution in [0.2, 0.25) is 0 Å². The monoisotopic (exact) mass is 530 g/mol. The van der Waals surface area contributed by atoms with E-state index in [4.69, 9.17) is 50.4 Å². The van der Waals surface area contributed by atoms with Crippen LogP contribution < -0.4 is 0 Å².